The SMILES string of the molecule is CNC(=O)CCn1cc(CCCC(=O)O)c2ccccc21. The van der Waals surface area contributed by atoms with Crippen molar-refractivity contribution in [2.75, 3.05) is 7.05 Å². The van der Waals surface area contributed by atoms with Gasteiger partial charge < -0.3 is 15.0 Å². The molecular weight excluding hydrogens is 268 g/mol. The van der Waals surface area contributed by atoms with Gasteiger partial charge in [0.1, 0.15) is 0 Å². The first-order valence-corrected chi connectivity index (χ1v) is 7.11. The minimum atomic E-state index is -0.765. The number of carboxylic acids is 1. The Morgan fingerprint density at radius 2 is 2.00 bits per heavy atom. The molecule has 1 amide bonds. The summed E-state index contributed by atoms with van der Waals surface area (Å²) in [4.78, 5) is 22.0. The van der Waals surface area contributed by atoms with Gasteiger partial charge in [-0.25, -0.2) is 0 Å². The molecule has 2 N–H and O–H groups in total. The van der Waals surface area contributed by atoms with Gasteiger partial charge in [-0.2, -0.15) is 0 Å². The molecule has 2 aromatic rings. The van der Waals surface area contributed by atoms with E-state index in [-0.39, 0.29) is 12.3 Å². The topological polar surface area (TPSA) is 71.3 Å². The largest absolute Gasteiger partial charge is 0.481 e. The Bertz CT molecular complexity index is 646. The van der Waals surface area contributed by atoms with Crippen LogP contribution in [-0.4, -0.2) is 28.6 Å². The number of nitrogens with one attached hydrogen (secondary N) is 1. The number of carbonyl (C=O) groups excluding carboxylic acids is 1. The average molecular weight is 288 g/mol. The van der Waals surface area contributed by atoms with Gasteiger partial charge in [-0.05, 0) is 24.5 Å². The van der Waals surface area contributed by atoms with Gasteiger partial charge in [0.25, 0.3) is 0 Å². The van der Waals surface area contributed by atoms with E-state index in [0.29, 0.717) is 19.4 Å². The Kier molecular flexibility index (Phi) is 4.98. The van der Waals surface area contributed by atoms with E-state index in [9.17, 15) is 9.59 Å². The van der Waals surface area contributed by atoms with E-state index >= 15 is 0 Å². The molecule has 0 aliphatic heterocycles. The lowest BCUT2D eigenvalue weighted by Crippen LogP contribution is -2.19. The second-order valence-corrected chi connectivity index (χ2v) is 5.04. The van der Waals surface area contributed by atoms with Crippen molar-refractivity contribution >= 4 is 22.8 Å². The van der Waals surface area contributed by atoms with Crippen molar-refractivity contribution in [2.45, 2.75) is 32.2 Å². The van der Waals surface area contributed by atoms with Gasteiger partial charge >= 0.3 is 5.97 Å². The van der Waals surface area contributed by atoms with Crippen molar-refractivity contribution < 1.29 is 14.7 Å². The van der Waals surface area contributed by atoms with Gasteiger partial charge in [0.2, 0.25) is 5.91 Å². The molecule has 21 heavy (non-hydrogen) atoms. The van der Waals surface area contributed by atoms with Crippen LogP contribution in [0, 0.1) is 0 Å². The molecule has 0 radical (unpaired) electrons. The molecule has 112 valence electrons. The van der Waals surface area contributed by atoms with E-state index in [1.165, 1.54) is 0 Å². The maximum Gasteiger partial charge on any atom is 0.303 e. The molecule has 1 aromatic carbocycles. The van der Waals surface area contributed by atoms with Gasteiger partial charge in [-0.15, -0.1) is 0 Å². The second-order valence-electron chi connectivity index (χ2n) is 5.04. The molecular formula is C16H20N2O3. The minimum Gasteiger partial charge on any atom is -0.481 e. The van der Waals surface area contributed by atoms with Crippen LogP contribution in [0.15, 0.2) is 30.5 Å². The minimum absolute atomic E-state index is 0.0141. The van der Waals surface area contributed by atoms with Crippen LogP contribution >= 0.6 is 0 Å². The quantitative estimate of drug-likeness (QED) is 0.820. The van der Waals surface area contributed by atoms with Gasteiger partial charge in [0.05, 0.1) is 0 Å². The van der Waals surface area contributed by atoms with Crippen molar-refractivity contribution in [1.82, 2.24) is 9.88 Å². The lowest BCUT2D eigenvalue weighted by molar-refractivity contribution is -0.137. The smallest absolute Gasteiger partial charge is 0.303 e. The van der Waals surface area contributed by atoms with E-state index in [4.69, 9.17) is 5.11 Å². The summed E-state index contributed by atoms with van der Waals surface area (Å²) in [5.41, 5.74) is 2.23. The first-order chi connectivity index (χ1) is 10.1. The fourth-order valence-corrected chi connectivity index (χ4v) is 2.48. The van der Waals surface area contributed by atoms with E-state index in [2.05, 4.69) is 9.88 Å². The van der Waals surface area contributed by atoms with Crippen molar-refractivity contribution in [1.29, 1.82) is 0 Å². The molecule has 0 saturated heterocycles. The van der Waals surface area contributed by atoms with Crippen LogP contribution in [-0.2, 0) is 22.6 Å². The highest BCUT2D eigenvalue weighted by atomic mass is 16.4. The number of carbonyl (C=O) groups is 2. The van der Waals surface area contributed by atoms with Crippen LogP contribution in [0.2, 0.25) is 0 Å². The molecule has 0 fully saturated rings. The molecule has 0 saturated carbocycles. The zero-order valence-electron chi connectivity index (χ0n) is 12.1. The first-order valence-electron chi connectivity index (χ1n) is 7.11. The summed E-state index contributed by atoms with van der Waals surface area (Å²) >= 11 is 0. The number of aliphatic carboxylic acids is 1. The lowest BCUT2D eigenvalue weighted by Gasteiger charge is -2.04. The Morgan fingerprint density at radius 3 is 2.71 bits per heavy atom. The van der Waals surface area contributed by atoms with Crippen LogP contribution in [0.4, 0.5) is 0 Å². The number of carboxylic acid groups (broad SMARTS) is 1. The van der Waals surface area contributed by atoms with E-state index in [1.807, 2.05) is 30.5 Å². The number of aryl methyl sites for hydroxylation is 2. The molecule has 0 aliphatic carbocycles. The van der Waals surface area contributed by atoms with Gasteiger partial charge in [0, 0.05) is 43.5 Å². The van der Waals surface area contributed by atoms with Crippen LogP contribution in [0.3, 0.4) is 0 Å². The lowest BCUT2D eigenvalue weighted by atomic mass is 10.1. The highest BCUT2D eigenvalue weighted by Crippen LogP contribution is 2.23. The molecule has 0 atom stereocenters. The zero-order valence-corrected chi connectivity index (χ0v) is 12.1. The van der Waals surface area contributed by atoms with Crippen LogP contribution in [0.25, 0.3) is 10.9 Å². The van der Waals surface area contributed by atoms with Gasteiger partial charge in [-0.3, -0.25) is 9.59 Å². The van der Waals surface area contributed by atoms with Crippen LogP contribution in [0.5, 0.6) is 0 Å². The zero-order chi connectivity index (χ0) is 15.2. The predicted octanol–water partition coefficient (Wildman–Crippen LogP) is 2.18. The van der Waals surface area contributed by atoms with E-state index in [0.717, 1.165) is 22.9 Å². The number of para-hydroxylation sites is 1. The summed E-state index contributed by atoms with van der Waals surface area (Å²) in [7, 11) is 1.63. The molecule has 1 aromatic heterocycles. The summed E-state index contributed by atoms with van der Waals surface area (Å²) in [5.74, 6) is -0.751. The third-order valence-electron chi connectivity index (χ3n) is 3.57. The van der Waals surface area contributed by atoms with Gasteiger partial charge in [-0.1, -0.05) is 18.2 Å². The Morgan fingerprint density at radius 1 is 1.24 bits per heavy atom. The summed E-state index contributed by atoms with van der Waals surface area (Å²) in [6.45, 7) is 0.624. The fraction of sp³-hybridized carbons (Fsp3) is 0.375. The molecule has 5 heteroatoms. The molecule has 0 aliphatic rings. The molecule has 2 rings (SSSR count). The third kappa shape index (κ3) is 3.84. The number of aromatic nitrogens is 1. The van der Waals surface area contributed by atoms with Crippen molar-refractivity contribution in [3.05, 3.63) is 36.0 Å². The molecule has 0 bridgehead atoms. The normalized spacial score (nSPS) is 10.7. The first kappa shape index (κ1) is 15.1. The Labute approximate surface area is 123 Å². The van der Waals surface area contributed by atoms with E-state index in [1.54, 1.807) is 7.05 Å². The number of hydrogen-bond donors (Lipinski definition) is 2. The summed E-state index contributed by atoms with van der Waals surface area (Å²) in [6, 6.07) is 8.02. The fourth-order valence-electron chi connectivity index (χ4n) is 2.48. The molecule has 5 nitrogen and oxygen atoms in total. The number of nitrogens with zero attached hydrogens (tertiary/aromatic N) is 1. The highest BCUT2D eigenvalue weighted by molar-refractivity contribution is 5.84. The number of benzene rings is 1. The molecule has 1 heterocycles. The van der Waals surface area contributed by atoms with Crippen LogP contribution < -0.4 is 5.32 Å². The number of rotatable bonds is 7. The predicted molar refractivity (Wildman–Crippen MR) is 81.2 cm³/mol. The number of amides is 1. The third-order valence-corrected chi connectivity index (χ3v) is 3.57. The average Bonchev–Trinajstić information content (AvgIpc) is 2.83. The Balaban J connectivity index is 2.17. The number of hydrogen-bond acceptors (Lipinski definition) is 2. The Hall–Kier alpha value is -2.30. The standard InChI is InChI=1S/C16H20N2O3/c1-17-15(19)9-10-18-11-12(5-4-8-16(20)21)13-6-2-3-7-14(13)18/h2-3,6-7,11H,4-5,8-10H2,1H3,(H,17,19)(H,20,21). The van der Waals surface area contributed by atoms with E-state index < -0.39 is 5.97 Å². The van der Waals surface area contributed by atoms with Crippen LogP contribution in [0.1, 0.15) is 24.8 Å². The molecule has 0 unspecified atom stereocenters. The van der Waals surface area contributed by atoms with Gasteiger partial charge in [0.15, 0.2) is 0 Å². The van der Waals surface area contributed by atoms with Crippen molar-refractivity contribution in [2.24, 2.45) is 0 Å². The highest BCUT2D eigenvalue weighted by Gasteiger charge is 2.09. The maximum absolute atomic E-state index is 11.4. The summed E-state index contributed by atoms with van der Waals surface area (Å²) < 4.78 is 2.07. The van der Waals surface area contributed by atoms with Crippen molar-refractivity contribution in [3.63, 3.8) is 0 Å². The maximum atomic E-state index is 11.4. The monoisotopic (exact) mass is 288 g/mol. The number of fused-ring (bicyclic) bond motifs is 1. The second kappa shape index (κ2) is 6.92. The summed E-state index contributed by atoms with van der Waals surface area (Å²) in [6.07, 6.45) is 4.01. The summed E-state index contributed by atoms with van der Waals surface area (Å²) in [5, 5.41) is 12.5. The molecule has 0 spiro atoms. The van der Waals surface area contributed by atoms with Crippen molar-refractivity contribution in [3.8, 4) is 0 Å².